The van der Waals surface area contributed by atoms with Crippen LogP contribution in [0, 0.1) is 5.92 Å². The molecule has 0 saturated carbocycles. The summed E-state index contributed by atoms with van der Waals surface area (Å²) in [5, 5.41) is 3.00. The zero-order chi connectivity index (χ0) is 17.9. The van der Waals surface area contributed by atoms with Gasteiger partial charge < -0.3 is 10.2 Å². The first-order valence-corrected chi connectivity index (χ1v) is 9.25. The summed E-state index contributed by atoms with van der Waals surface area (Å²) < 4.78 is 1.62. The van der Waals surface area contributed by atoms with Crippen molar-refractivity contribution >= 4 is 22.8 Å². The Labute approximate surface area is 153 Å². The predicted octanol–water partition coefficient (Wildman–Crippen LogP) is 3.68. The van der Waals surface area contributed by atoms with Gasteiger partial charge in [0.25, 0.3) is 0 Å². The van der Waals surface area contributed by atoms with E-state index in [9.17, 15) is 4.79 Å². The number of hydrogen-bond donors (Lipinski definition) is 1. The van der Waals surface area contributed by atoms with E-state index in [1.54, 1.807) is 10.9 Å². The Kier molecular flexibility index (Phi) is 4.61. The van der Waals surface area contributed by atoms with Crippen LogP contribution in [0.25, 0.3) is 11.0 Å². The summed E-state index contributed by atoms with van der Waals surface area (Å²) in [7, 11) is 0. The monoisotopic (exact) mass is 348 g/mol. The molecule has 26 heavy (non-hydrogen) atoms. The molecule has 0 radical (unpaired) electrons. The number of nitrogens with zero attached hydrogens (tertiary/aromatic N) is 3. The standard InChI is InChI=1S/C21H24N4O/c1-16-13-24(14-16)18-10-5-11-19-20(18)23-15-25(19)21(26)22-12-6-9-17-7-3-2-4-8-17/h2-5,7-8,10-11,15-16H,6,9,12-14H2,1H3,(H,22,26). The van der Waals surface area contributed by atoms with Crippen molar-refractivity contribution in [3.8, 4) is 0 Å². The predicted molar refractivity (Wildman–Crippen MR) is 105 cm³/mol. The number of anilines is 1. The molecule has 134 valence electrons. The molecule has 1 N–H and O–H groups in total. The molecule has 0 atom stereocenters. The van der Waals surface area contributed by atoms with Crippen molar-refractivity contribution in [3.05, 3.63) is 60.4 Å². The van der Waals surface area contributed by atoms with Crippen LogP contribution in [0.5, 0.6) is 0 Å². The lowest BCUT2D eigenvalue weighted by atomic mass is 10.0. The van der Waals surface area contributed by atoms with Crippen molar-refractivity contribution < 1.29 is 4.79 Å². The fourth-order valence-corrected chi connectivity index (χ4v) is 3.55. The molecule has 1 amide bonds. The fourth-order valence-electron chi connectivity index (χ4n) is 3.55. The fraction of sp³-hybridized carbons (Fsp3) is 0.333. The minimum atomic E-state index is -0.116. The molecule has 4 rings (SSSR count). The molecule has 0 unspecified atom stereocenters. The first kappa shape index (κ1) is 16.6. The van der Waals surface area contributed by atoms with E-state index >= 15 is 0 Å². The molecule has 2 aromatic carbocycles. The SMILES string of the molecule is CC1CN(c2cccc3c2ncn3C(=O)NCCCc2ccccc2)C1. The van der Waals surface area contributed by atoms with Gasteiger partial charge in [0.05, 0.1) is 11.2 Å². The summed E-state index contributed by atoms with van der Waals surface area (Å²) >= 11 is 0. The van der Waals surface area contributed by atoms with E-state index < -0.39 is 0 Å². The third kappa shape index (κ3) is 3.29. The molecule has 5 nitrogen and oxygen atoms in total. The van der Waals surface area contributed by atoms with E-state index in [2.05, 4.69) is 40.3 Å². The van der Waals surface area contributed by atoms with Crippen LogP contribution in [0.3, 0.4) is 0 Å². The average molecular weight is 348 g/mol. The zero-order valence-corrected chi connectivity index (χ0v) is 15.1. The Morgan fingerprint density at radius 2 is 1.96 bits per heavy atom. The molecule has 1 fully saturated rings. The molecule has 1 aromatic heterocycles. The topological polar surface area (TPSA) is 50.2 Å². The minimum absolute atomic E-state index is 0.116. The Balaban J connectivity index is 1.40. The van der Waals surface area contributed by atoms with Crippen molar-refractivity contribution in [1.82, 2.24) is 14.9 Å². The van der Waals surface area contributed by atoms with Gasteiger partial charge in [0.1, 0.15) is 11.8 Å². The number of hydrogen-bond acceptors (Lipinski definition) is 3. The van der Waals surface area contributed by atoms with Crippen molar-refractivity contribution in [2.45, 2.75) is 19.8 Å². The second-order valence-electron chi connectivity index (χ2n) is 7.09. The highest BCUT2D eigenvalue weighted by Crippen LogP contribution is 2.30. The summed E-state index contributed by atoms with van der Waals surface area (Å²) in [6.45, 7) is 5.00. The van der Waals surface area contributed by atoms with Crippen molar-refractivity contribution in [3.63, 3.8) is 0 Å². The molecule has 0 spiro atoms. The number of carbonyl (C=O) groups excluding carboxylic acids is 1. The second kappa shape index (κ2) is 7.20. The number of amides is 1. The summed E-state index contributed by atoms with van der Waals surface area (Å²) in [5.41, 5.74) is 4.18. The Hall–Kier alpha value is -2.82. The third-order valence-corrected chi connectivity index (χ3v) is 4.94. The number of imidazole rings is 1. The largest absolute Gasteiger partial charge is 0.369 e. The number of benzene rings is 2. The van der Waals surface area contributed by atoms with Gasteiger partial charge in [0.15, 0.2) is 0 Å². The lowest BCUT2D eigenvalue weighted by Crippen LogP contribution is -2.45. The van der Waals surface area contributed by atoms with Gasteiger partial charge in [-0.15, -0.1) is 0 Å². The van der Waals surface area contributed by atoms with E-state index in [4.69, 9.17) is 0 Å². The first-order valence-electron chi connectivity index (χ1n) is 9.25. The highest BCUT2D eigenvalue weighted by atomic mass is 16.2. The normalized spacial score (nSPS) is 14.4. The molecule has 3 aromatic rings. The van der Waals surface area contributed by atoms with Crippen LogP contribution >= 0.6 is 0 Å². The van der Waals surface area contributed by atoms with Crippen molar-refractivity contribution in [2.75, 3.05) is 24.5 Å². The quantitative estimate of drug-likeness (QED) is 0.716. The van der Waals surface area contributed by atoms with E-state index in [1.165, 1.54) is 5.56 Å². The molecule has 1 aliphatic rings. The summed E-state index contributed by atoms with van der Waals surface area (Å²) in [6, 6.07) is 16.3. The molecule has 0 aliphatic carbocycles. The number of fused-ring (bicyclic) bond motifs is 1. The number of aryl methyl sites for hydroxylation is 1. The lowest BCUT2D eigenvalue weighted by molar-refractivity contribution is 0.243. The number of aromatic nitrogens is 2. The average Bonchev–Trinajstić information content (AvgIpc) is 3.08. The second-order valence-corrected chi connectivity index (χ2v) is 7.09. The molecular formula is C21H24N4O. The molecule has 2 heterocycles. The smallest absolute Gasteiger partial charge is 0.327 e. The van der Waals surface area contributed by atoms with E-state index in [1.807, 2.05) is 30.3 Å². The molecule has 0 bridgehead atoms. The number of para-hydroxylation sites is 1. The Bertz CT molecular complexity index is 897. The summed E-state index contributed by atoms with van der Waals surface area (Å²) in [4.78, 5) is 19.4. The minimum Gasteiger partial charge on any atom is -0.369 e. The molecule has 1 saturated heterocycles. The van der Waals surface area contributed by atoms with Crippen LogP contribution in [0.2, 0.25) is 0 Å². The zero-order valence-electron chi connectivity index (χ0n) is 15.1. The summed E-state index contributed by atoms with van der Waals surface area (Å²) in [6.07, 6.45) is 3.51. The van der Waals surface area contributed by atoms with Gasteiger partial charge in [-0.2, -0.15) is 0 Å². The van der Waals surface area contributed by atoms with Crippen LogP contribution in [-0.4, -0.2) is 35.2 Å². The Morgan fingerprint density at radius 1 is 1.15 bits per heavy atom. The molecule has 1 aliphatic heterocycles. The maximum absolute atomic E-state index is 12.5. The summed E-state index contributed by atoms with van der Waals surface area (Å²) in [5.74, 6) is 0.722. The van der Waals surface area contributed by atoms with Crippen LogP contribution in [0.15, 0.2) is 54.9 Å². The van der Waals surface area contributed by atoms with Gasteiger partial charge in [-0.3, -0.25) is 4.57 Å². The Morgan fingerprint density at radius 3 is 2.73 bits per heavy atom. The van der Waals surface area contributed by atoms with Crippen LogP contribution in [0.4, 0.5) is 10.5 Å². The van der Waals surface area contributed by atoms with Gasteiger partial charge >= 0.3 is 6.03 Å². The van der Waals surface area contributed by atoms with Crippen LogP contribution in [-0.2, 0) is 6.42 Å². The van der Waals surface area contributed by atoms with Crippen LogP contribution < -0.4 is 10.2 Å². The number of carbonyl (C=O) groups is 1. The third-order valence-electron chi connectivity index (χ3n) is 4.94. The maximum atomic E-state index is 12.5. The van der Waals surface area contributed by atoms with Crippen molar-refractivity contribution in [2.24, 2.45) is 5.92 Å². The van der Waals surface area contributed by atoms with Crippen molar-refractivity contribution in [1.29, 1.82) is 0 Å². The van der Waals surface area contributed by atoms with Gasteiger partial charge in [-0.25, -0.2) is 9.78 Å². The lowest BCUT2D eigenvalue weighted by Gasteiger charge is -2.39. The van der Waals surface area contributed by atoms with Crippen LogP contribution in [0.1, 0.15) is 18.9 Å². The molecule has 5 heteroatoms. The molecular weight excluding hydrogens is 324 g/mol. The number of rotatable bonds is 5. The number of nitrogens with one attached hydrogen (secondary N) is 1. The highest BCUT2D eigenvalue weighted by molar-refractivity contribution is 5.95. The van der Waals surface area contributed by atoms with Gasteiger partial charge in [0, 0.05) is 19.6 Å². The highest BCUT2D eigenvalue weighted by Gasteiger charge is 2.25. The van der Waals surface area contributed by atoms with Gasteiger partial charge in [0.2, 0.25) is 0 Å². The maximum Gasteiger partial charge on any atom is 0.327 e. The van der Waals surface area contributed by atoms with E-state index in [-0.39, 0.29) is 6.03 Å². The van der Waals surface area contributed by atoms with E-state index in [0.29, 0.717) is 6.54 Å². The first-order chi connectivity index (χ1) is 12.7. The van der Waals surface area contributed by atoms with Gasteiger partial charge in [-0.05, 0) is 36.5 Å². The van der Waals surface area contributed by atoms with E-state index in [0.717, 1.165) is 48.6 Å². The van der Waals surface area contributed by atoms with Gasteiger partial charge in [-0.1, -0.05) is 43.3 Å².